The molecule has 0 bridgehead atoms. The molecule has 0 spiro atoms. The van der Waals surface area contributed by atoms with Crippen molar-refractivity contribution >= 4 is 73.1 Å². The van der Waals surface area contributed by atoms with Crippen molar-refractivity contribution in [3.8, 4) is 22.2 Å². The summed E-state index contributed by atoms with van der Waals surface area (Å²) in [4.78, 5) is 55.3. The smallest absolute Gasteiger partial charge is 0.240 e. The van der Waals surface area contributed by atoms with Crippen LogP contribution in [0.25, 0.3) is 21.6 Å². The van der Waals surface area contributed by atoms with Crippen LogP contribution in [-0.4, -0.2) is 71.9 Å². The number of amides is 2. The van der Waals surface area contributed by atoms with Crippen molar-refractivity contribution in [2.45, 2.75) is 115 Å². The van der Waals surface area contributed by atoms with Crippen LogP contribution in [0.2, 0.25) is 10.0 Å². The Hall–Kier alpha value is -4.11. The maximum Gasteiger partial charge on any atom is 0.240 e. The van der Waals surface area contributed by atoms with Gasteiger partial charge in [0.15, 0.2) is 5.78 Å². The molecule has 2 aliphatic carbocycles. The number of benzene rings is 2. The number of ether oxygens (including phenoxy) is 2. The van der Waals surface area contributed by atoms with Crippen molar-refractivity contribution in [1.29, 1.82) is 0 Å². The first-order valence-corrected chi connectivity index (χ1v) is 24.6. The van der Waals surface area contributed by atoms with Crippen molar-refractivity contribution in [2.75, 3.05) is 13.7 Å². The van der Waals surface area contributed by atoms with Crippen molar-refractivity contribution in [3.05, 3.63) is 80.5 Å². The number of hydrogen-bond donors (Lipinski definition) is 1. The Bertz CT molecular complexity index is 2540. The highest BCUT2D eigenvalue weighted by molar-refractivity contribution is 7.90. The van der Waals surface area contributed by atoms with Gasteiger partial charge in [0.2, 0.25) is 21.8 Å². The molecule has 4 aliphatic rings. The molecule has 2 aliphatic heterocycles. The number of rotatable bonds is 10. The largest absolute Gasteiger partial charge is 0.496 e. The minimum atomic E-state index is -3.88. The van der Waals surface area contributed by atoms with Gasteiger partial charge < -0.3 is 14.4 Å². The van der Waals surface area contributed by atoms with Gasteiger partial charge in [0.25, 0.3) is 0 Å². The van der Waals surface area contributed by atoms with Crippen LogP contribution in [0, 0.1) is 30.0 Å². The molecular weight excluding hydrogens is 875 g/mol. The highest BCUT2D eigenvalue weighted by Gasteiger charge is 2.61. The number of aromatic nitrogens is 2. The quantitative estimate of drug-likeness (QED) is 0.121. The van der Waals surface area contributed by atoms with Gasteiger partial charge in [0.1, 0.15) is 34.1 Å². The van der Waals surface area contributed by atoms with Crippen LogP contribution in [0.1, 0.15) is 101 Å². The number of allylic oxidation sites excluding steroid dienone is 2. The van der Waals surface area contributed by atoms with Gasteiger partial charge in [0, 0.05) is 41.2 Å². The molecule has 4 heterocycles. The van der Waals surface area contributed by atoms with Crippen LogP contribution in [0.3, 0.4) is 0 Å². The Balaban J connectivity index is 1.16. The summed E-state index contributed by atoms with van der Waals surface area (Å²) in [5.74, 6) is -1.60. The predicted molar refractivity (Wildman–Crippen MR) is 239 cm³/mol. The second-order valence-corrected chi connectivity index (χ2v) is 21.2. The van der Waals surface area contributed by atoms with Crippen LogP contribution in [0.15, 0.2) is 47.9 Å². The van der Waals surface area contributed by atoms with Gasteiger partial charge in [-0.1, -0.05) is 62.0 Å². The van der Waals surface area contributed by atoms with Gasteiger partial charge in [-0.2, -0.15) is 0 Å². The van der Waals surface area contributed by atoms with Crippen LogP contribution in [0.5, 0.6) is 11.5 Å². The van der Waals surface area contributed by atoms with E-state index in [2.05, 4.69) is 18.6 Å². The number of methoxy groups -OCH3 is 1. The maximum absolute atomic E-state index is 15.0. The number of Topliss-reactive ketones (excluding diaryl/α,β-unsaturated/α-hetero) is 1. The van der Waals surface area contributed by atoms with E-state index in [0.29, 0.717) is 65.4 Å². The molecule has 2 amide bonds. The molecular formula is C46H51Cl2FN4O7S2. The first-order valence-electron chi connectivity index (χ1n) is 21.4. The van der Waals surface area contributed by atoms with Gasteiger partial charge >= 0.3 is 0 Å². The Morgan fingerprint density at radius 2 is 1.87 bits per heavy atom. The lowest BCUT2D eigenvalue weighted by molar-refractivity contribution is -0.142. The SMILES string of the molecule is COc1ccc2c(O[C@@H]3C[C@H]4C(=O)C[C@]5(C(=O)NS(=O)(=O)C6CC6)C[C@H]5/C=C\CCCCC[C@H](Cc5cc(F)c(Cl)c(Cl)c5)C(=O)N4C3)cc(-c3nc(C(C)C)cs3)nc2c1C. The number of thiazole rings is 1. The normalized spacial score (nSPS) is 25.2. The predicted octanol–water partition coefficient (Wildman–Crippen LogP) is 9.55. The minimum absolute atomic E-state index is 0.0435. The molecule has 2 aromatic heterocycles. The first-order chi connectivity index (χ1) is 29.6. The molecule has 0 unspecified atom stereocenters. The summed E-state index contributed by atoms with van der Waals surface area (Å²) < 4.78 is 55.8. The standard InChI is InChI=1S/C46H51Cl2FN4O7S2/c1-25(2)36-24-61-43(51-36)35-20-40(32-14-15-39(59-4)26(3)42(32)50-35)60-30-19-37-38(54)22-46(45(56)52-62(57,58)31-12-13-31)21-29(46)11-9-7-5-6-8-10-28(44(55)53(37)23-30)16-27-17-33(47)41(48)34(49)18-27/h9,11,14-15,17-18,20,24-25,28-31,37H,5-8,10,12-13,16,19,21-23H2,1-4H3,(H,52,56)/b11-9-/t28-,29-,30-,37+,46-/m1/s1. The summed E-state index contributed by atoms with van der Waals surface area (Å²) in [6.07, 6.45) is 8.17. The third-order valence-corrected chi connectivity index (χ3v) is 16.3. The van der Waals surface area contributed by atoms with E-state index >= 15 is 4.79 Å². The highest BCUT2D eigenvalue weighted by atomic mass is 35.5. The van der Waals surface area contributed by atoms with Crippen LogP contribution >= 0.6 is 34.5 Å². The number of carbonyl (C=O) groups is 3. The molecule has 11 nitrogen and oxygen atoms in total. The molecule has 1 N–H and O–H groups in total. The number of fused-ring (bicyclic) bond motifs is 3. The molecule has 2 aromatic carbocycles. The summed E-state index contributed by atoms with van der Waals surface area (Å²) in [7, 11) is -2.28. The lowest BCUT2D eigenvalue weighted by Crippen LogP contribution is -2.46. The maximum atomic E-state index is 15.0. The number of aryl methyl sites for hydroxylation is 1. The Kier molecular flexibility index (Phi) is 12.8. The second kappa shape index (κ2) is 17.8. The average Bonchev–Trinajstić information content (AvgIpc) is 4.11. The number of pyridine rings is 1. The van der Waals surface area contributed by atoms with E-state index in [9.17, 15) is 22.4 Å². The number of sulfonamides is 1. The van der Waals surface area contributed by atoms with E-state index in [1.54, 1.807) is 18.1 Å². The lowest BCUT2D eigenvalue weighted by Gasteiger charge is -2.29. The molecule has 0 radical (unpaired) electrons. The number of nitrogens with one attached hydrogen (secondary N) is 1. The molecule has 62 heavy (non-hydrogen) atoms. The fraction of sp³-hybridized carbons (Fsp3) is 0.500. The Labute approximate surface area is 375 Å². The summed E-state index contributed by atoms with van der Waals surface area (Å²) in [5.41, 5.74) is 2.26. The van der Waals surface area contributed by atoms with Gasteiger partial charge in [0.05, 0.1) is 51.6 Å². The van der Waals surface area contributed by atoms with Gasteiger partial charge in [-0.3, -0.25) is 19.1 Å². The average molecular weight is 926 g/mol. The molecule has 5 atom stereocenters. The molecule has 8 rings (SSSR count). The number of ketones is 1. The molecule has 2 saturated carbocycles. The van der Waals surface area contributed by atoms with E-state index in [-0.39, 0.29) is 59.4 Å². The zero-order valence-corrected chi connectivity index (χ0v) is 38.4. The van der Waals surface area contributed by atoms with Crippen molar-refractivity contribution in [3.63, 3.8) is 0 Å². The van der Waals surface area contributed by atoms with Crippen LogP contribution < -0.4 is 14.2 Å². The van der Waals surface area contributed by atoms with E-state index in [1.165, 1.54) is 17.4 Å². The van der Waals surface area contributed by atoms with Gasteiger partial charge in [-0.05, 0) is 93.5 Å². The summed E-state index contributed by atoms with van der Waals surface area (Å²) in [6.45, 7) is 6.14. The van der Waals surface area contributed by atoms with E-state index in [1.807, 2.05) is 42.7 Å². The van der Waals surface area contributed by atoms with Crippen molar-refractivity contribution < 1.29 is 36.7 Å². The minimum Gasteiger partial charge on any atom is -0.496 e. The highest BCUT2D eigenvalue weighted by Crippen LogP contribution is 2.57. The van der Waals surface area contributed by atoms with E-state index in [4.69, 9.17) is 42.6 Å². The topological polar surface area (TPSA) is 145 Å². The number of hydrogen-bond acceptors (Lipinski definition) is 10. The fourth-order valence-electron chi connectivity index (χ4n) is 8.99. The third kappa shape index (κ3) is 9.12. The van der Waals surface area contributed by atoms with Crippen LogP contribution in [-0.2, 0) is 30.8 Å². The van der Waals surface area contributed by atoms with Crippen molar-refractivity contribution in [2.24, 2.45) is 17.3 Å². The Morgan fingerprint density at radius 1 is 1.08 bits per heavy atom. The third-order valence-electron chi connectivity index (χ3n) is 12.9. The van der Waals surface area contributed by atoms with Gasteiger partial charge in [-0.15, -0.1) is 11.3 Å². The monoisotopic (exact) mass is 924 g/mol. The zero-order valence-electron chi connectivity index (χ0n) is 35.2. The molecule has 330 valence electrons. The zero-order chi connectivity index (χ0) is 44.1. The number of nitrogens with zero attached hydrogens (tertiary/aromatic N) is 3. The molecule has 16 heteroatoms. The summed E-state index contributed by atoms with van der Waals surface area (Å²) in [5, 5.41) is 2.68. The summed E-state index contributed by atoms with van der Waals surface area (Å²) in [6, 6.07) is 7.45. The number of halogens is 3. The molecule has 4 aromatic rings. The lowest BCUT2D eigenvalue weighted by atomic mass is 9.90. The van der Waals surface area contributed by atoms with Gasteiger partial charge in [-0.25, -0.2) is 22.8 Å². The first kappa shape index (κ1) is 44.5. The fourth-order valence-corrected chi connectivity index (χ4v) is 11.7. The Morgan fingerprint density at radius 3 is 2.58 bits per heavy atom. The van der Waals surface area contributed by atoms with E-state index in [0.717, 1.165) is 35.9 Å². The molecule has 1 saturated heterocycles. The van der Waals surface area contributed by atoms with Crippen molar-refractivity contribution in [1.82, 2.24) is 19.6 Å². The van der Waals surface area contributed by atoms with E-state index < -0.39 is 50.5 Å². The second-order valence-electron chi connectivity index (χ2n) is 17.6. The van der Waals surface area contributed by atoms with Crippen LogP contribution in [0.4, 0.5) is 4.39 Å². The number of carbonyl (C=O) groups excluding carboxylic acids is 3. The summed E-state index contributed by atoms with van der Waals surface area (Å²) >= 11 is 13.9. The molecule has 3 fully saturated rings.